The standard InChI is InChI=1S/C55H109NO10/c1-3-5-7-9-11-13-15-17-19-20-21-22-23-24-25-26-27-28-29-31-32-34-36-38-40-42-47(58)50(60)46(45-65-55-53(63)52(62)51(61)49(44-57)66-55)56-54(64)48(59)43-41-39-37-35-33-30-18-16-14-12-10-8-6-4-2/h46-53,55,57-63H,3-45H2,1-2H3,(H,56,64). The molecule has 394 valence electrons. The van der Waals surface area contributed by atoms with Crippen molar-refractivity contribution in [3.63, 3.8) is 0 Å². The van der Waals surface area contributed by atoms with Gasteiger partial charge in [0.1, 0.15) is 36.6 Å². The number of nitrogens with one attached hydrogen (secondary N) is 1. The Morgan fingerprint density at radius 2 is 0.788 bits per heavy atom. The van der Waals surface area contributed by atoms with Crippen LogP contribution in [-0.4, -0.2) is 110 Å². The minimum absolute atomic E-state index is 0.266. The lowest BCUT2D eigenvalue weighted by molar-refractivity contribution is -0.303. The molecule has 0 aromatic rings. The molecule has 1 fully saturated rings. The molecule has 9 unspecified atom stereocenters. The van der Waals surface area contributed by atoms with E-state index >= 15 is 0 Å². The summed E-state index contributed by atoms with van der Waals surface area (Å²) in [5.74, 6) is -0.691. The van der Waals surface area contributed by atoms with Crippen LogP contribution in [0.2, 0.25) is 0 Å². The Morgan fingerprint density at radius 3 is 1.12 bits per heavy atom. The fourth-order valence-corrected chi connectivity index (χ4v) is 9.50. The predicted molar refractivity (Wildman–Crippen MR) is 270 cm³/mol. The van der Waals surface area contributed by atoms with Gasteiger partial charge in [0, 0.05) is 0 Å². The fraction of sp³-hybridized carbons (Fsp3) is 0.982. The van der Waals surface area contributed by atoms with Crippen LogP contribution in [0.15, 0.2) is 0 Å². The van der Waals surface area contributed by atoms with Crippen molar-refractivity contribution in [3.8, 4) is 0 Å². The summed E-state index contributed by atoms with van der Waals surface area (Å²) in [6, 6.07) is -1.16. The predicted octanol–water partition coefficient (Wildman–Crippen LogP) is 11.4. The molecule has 1 aliphatic heterocycles. The van der Waals surface area contributed by atoms with Crippen molar-refractivity contribution < 1.29 is 50.0 Å². The maximum Gasteiger partial charge on any atom is 0.249 e. The SMILES string of the molecule is CCCCCCCCCCCCCCCCCCCCCCCCCCCC(O)C(O)C(COC1OC(CO)C(O)C(O)C1O)NC(=O)C(O)CCCCCCCCCCCCCCCC. The molecular formula is C55H109NO10. The zero-order valence-electron chi connectivity index (χ0n) is 43.0. The van der Waals surface area contributed by atoms with Crippen molar-refractivity contribution in [1.29, 1.82) is 0 Å². The van der Waals surface area contributed by atoms with Crippen molar-refractivity contribution in [3.05, 3.63) is 0 Å². The second-order valence-corrected chi connectivity index (χ2v) is 20.4. The molecule has 0 aromatic heterocycles. The molecule has 1 rings (SSSR count). The van der Waals surface area contributed by atoms with E-state index in [1.165, 1.54) is 199 Å². The number of unbranched alkanes of at least 4 members (excludes halogenated alkanes) is 37. The van der Waals surface area contributed by atoms with Gasteiger partial charge in [-0.1, -0.05) is 264 Å². The number of aliphatic hydroxyl groups is 7. The normalized spacial score (nSPS) is 20.7. The van der Waals surface area contributed by atoms with Gasteiger partial charge in [0.25, 0.3) is 0 Å². The monoisotopic (exact) mass is 944 g/mol. The second kappa shape index (κ2) is 45.3. The van der Waals surface area contributed by atoms with Crippen molar-refractivity contribution >= 4 is 5.91 Å². The van der Waals surface area contributed by atoms with Crippen LogP contribution in [0.25, 0.3) is 0 Å². The first-order valence-corrected chi connectivity index (χ1v) is 28.4. The Hall–Kier alpha value is -0.890. The maximum atomic E-state index is 13.1. The zero-order chi connectivity index (χ0) is 48.3. The van der Waals surface area contributed by atoms with Crippen molar-refractivity contribution in [2.45, 2.75) is 332 Å². The van der Waals surface area contributed by atoms with Crippen LogP contribution in [0.1, 0.15) is 277 Å². The van der Waals surface area contributed by atoms with E-state index < -0.39 is 74.2 Å². The number of aliphatic hydroxyl groups excluding tert-OH is 7. The highest BCUT2D eigenvalue weighted by Gasteiger charge is 2.44. The summed E-state index contributed by atoms with van der Waals surface area (Å²) < 4.78 is 11.1. The number of ether oxygens (including phenoxy) is 2. The van der Waals surface area contributed by atoms with Crippen molar-refractivity contribution in [1.82, 2.24) is 5.32 Å². The third kappa shape index (κ3) is 33.6. The van der Waals surface area contributed by atoms with E-state index in [2.05, 4.69) is 19.2 Å². The van der Waals surface area contributed by atoms with E-state index in [9.17, 15) is 40.5 Å². The van der Waals surface area contributed by atoms with Crippen LogP contribution in [0, 0.1) is 0 Å². The molecule has 0 saturated carbocycles. The van der Waals surface area contributed by atoms with Crippen LogP contribution in [0.5, 0.6) is 0 Å². The van der Waals surface area contributed by atoms with Gasteiger partial charge in [-0.3, -0.25) is 4.79 Å². The lowest BCUT2D eigenvalue weighted by Crippen LogP contribution is -2.60. The molecule has 11 heteroatoms. The van der Waals surface area contributed by atoms with E-state index in [1.54, 1.807) is 0 Å². The van der Waals surface area contributed by atoms with Gasteiger partial charge in [0.05, 0.1) is 25.4 Å². The molecule has 1 amide bonds. The van der Waals surface area contributed by atoms with Crippen LogP contribution < -0.4 is 5.32 Å². The fourth-order valence-electron chi connectivity index (χ4n) is 9.50. The second-order valence-electron chi connectivity index (χ2n) is 20.4. The third-order valence-electron chi connectivity index (χ3n) is 14.2. The number of amides is 1. The summed E-state index contributed by atoms with van der Waals surface area (Å²) in [5.41, 5.74) is 0. The van der Waals surface area contributed by atoms with Crippen LogP contribution >= 0.6 is 0 Å². The van der Waals surface area contributed by atoms with E-state index in [1.807, 2.05) is 0 Å². The first-order valence-electron chi connectivity index (χ1n) is 28.4. The summed E-state index contributed by atoms with van der Waals surface area (Å²) >= 11 is 0. The molecule has 1 saturated heterocycles. The summed E-state index contributed by atoms with van der Waals surface area (Å²) in [5, 5.41) is 76.0. The Balaban J connectivity index is 2.28. The molecule has 1 heterocycles. The number of carbonyl (C=O) groups excluding carboxylic acids is 1. The summed E-state index contributed by atoms with van der Waals surface area (Å²) in [4.78, 5) is 13.1. The lowest BCUT2D eigenvalue weighted by Gasteiger charge is -2.40. The highest BCUT2D eigenvalue weighted by molar-refractivity contribution is 5.80. The smallest absolute Gasteiger partial charge is 0.249 e. The Labute approximate surface area is 405 Å². The molecule has 9 atom stereocenters. The molecule has 0 radical (unpaired) electrons. The van der Waals surface area contributed by atoms with Crippen molar-refractivity contribution in [2.75, 3.05) is 13.2 Å². The topological polar surface area (TPSA) is 189 Å². The Bertz CT molecular complexity index is 1040. The summed E-state index contributed by atoms with van der Waals surface area (Å²) in [6.07, 6.45) is 38.7. The molecule has 66 heavy (non-hydrogen) atoms. The van der Waals surface area contributed by atoms with Gasteiger partial charge < -0.3 is 50.5 Å². The number of rotatable bonds is 49. The average Bonchev–Trinajstić information content (AvgIpc) is 3.32. The Kier molecular flexibility index (Phi) is 43.3. The molecule has 11 nitrogen and oxygen atoms in total. The molecule has 0 bridgehead atoms. The van der Waals surface area contributed by atoms with Gasteiger partial charge >= 0.3 is 0 Å². The quantitative estimate of drug-likeness (QED) is 0.0273. The minimum atomic E-state index is -1.66. The molecular weight excluding hydrogens is 835 g/mol. The molecule has 1 aliphatic rings. The highest BCUT2D eigenvalue weighted by atomic mass is 16.7. The molecule has 0 aliphatic carbocycles. The zero-order valence-corrected chi connectivity index (χ0v) is 43.0. The van der Waals surface area contributed by atoms with E-state index in [0.717, 1.165) is 38.5 Å². The van der Waals surface area contributed by atoms with E-state index in [0.29, 0.717) is 19.3 Å². The number of hydrogen-bond donors (Lipinski definition) is 8. The Morgan fingerprint density at radius 1 is 0.470 bits per heavy atom. The highest BCUT2D eigenvalue weighted by Crippen LogP contribution is 2.24. The molecule has 8 N–H and O–H groups in total. The van der Waals surface area contributed by atoms with Crippen LogP contribution in [-0.2, 0) is 14.3 Å². The average molecular weight is 944 g/mol. The maximum absolute atomic E-state index is 13.1. The first-order chi connectivity index (χ1) is 32.2. The van der Waals surface area contributed by atoms with Gasteiger partial charge in [-0.05, 0) is 12.8 Å². The van der Waals surface area contributed by atoms with Crippen LogP contribution in [0.3, 0.4) is 0 Å². The molecule has 0 spiro atoms. The lowest BCUT2D eigenvalue weighted by atomic mass is 9.98. The number of hydrogen-bond acceptors (Lipinski definition) is 10. The van der Waals surface area contributed by atoms with Gasteiger partial charge in [0.15, 0.2) is 6.29 Å². The van der Waals surface area contributed by atoms with Gasteiger partial charge in [0.2, 0.25) is 5.91 Å². The van der Waals surface area contributed by atoms with E-state index in [4.69, 9.17) is 9.47 Å². The largest absolute Gasteiger partial charge is 0.394 e. The number of carbonyl (C=O) groups is 1. The summed E-state index contributed by atoms with van der Waals surface area (Å²) in [6.45, 7) is 3.48. The van der Waals surface area contributed by atoms with E-state index in [-0.39, 0.29) is 6.42 Å². The van der Waals surface area contributed by atoms with Gasteiger partial charge in [-0.15, -0.1) is 0 Å². The third-order valence-corrected chi connectivity index (χ3v) is 14.2. The first kappa shape index (κ1) is 63.1. The molecule has 0 aromatic carbocycles. The van der Waals surface area contributed by atoms with Crippen molar-refractivity contribution in [2.24, 2.45) is 0 Å². The van der Waals surface area contributed by atoms with Crippen LogP contribution in [0.4, 0.5) is 0 Å². The van der Waals surface area contributed by atoms with Gasteiger partial charge in [-0.25, -0.2) is 0 Å². The van der Waals surface area contributed by atoms with Gasteiger partial charge in [-0.2, -0.15) is 0 Å². The summed E-state index contributed by atoms with van der Waals surface area (Å²) in [7, 11) is 0. The minimum Gasteiger partial charge on any atom is -0.394 e.